The van der Waals surface area contributed by atoms with E-state index in [0.29, 0.717) is 5.56 Å². The maximum atomic E-state index is 10.6. The first-order chi connectivity index (χ1) is 5.83. The quantitative estimate of drug-likeness (QED) is 0.742. The van der Waals surface area contributed by atoms with Crippen LogP contribution in [0.5, 0.6) is 0 Å². The van der Waals surface area contributed by atoms with Crippen LogP contribution in [0.25, 0.3) is 10.9 Å². The van der Waals surface area contributed by atoms with Gasteiger partial charge in [-0.3, -0.25) is 4.79 Å². The number of H-pyrrole nitrogens is 1. The Morgan fingerprint density at radius 3 is 3.00 bits per heavy atom. The predicted octanol–water partition coefficient (Wildman–Crippen LogP) is 2.74. The van der Waals surface area contributed by atoms with Crippen molar-refractivity contribution in [3.05, 3.63) is 34.4 Å². The summed E-state index contributed by atoms with van der Waals surface area (Å²) < 4.78 is 0.931. The molecule has 1 heterocycles. The molecule has 1 N–H and O–H groups in total. The molecular weight excluding hydrogens is 218 g/mol. The maximum absolute atomic E-state index is 10.6. The summed E-state index contributed by atoms with van der Waals surface area (Å²) in [5.41, 5.74) is 1.69. The second-order valence-electron chi connectivity index (χ2n) is 2.52. The minimum absolute atomic E-state index is 0.709. The molecule has 0 aliphatic carbocycles. The van der Waals surface area contributed by atoms with Crippen LogP contribution in [0.15, 0.2) is 28.9 Å². The highest BCUT2D eigenvalue weighted by molar-refractivity contribution is 9.10. The predicted molar refractivity (Wildman–Crippen MR) is 51.4 cm³/mol. The van der Waals surface area contributed by atoms with Crippen molar-refractivity contribution in [3.8, 4) is 0 Å². The Morgan fingerprint density at radius 1 is 1.42 bits per heavy atom. The largest absolute Gasteiger partial charge is 0.360 e. The standard InChI is InChI=1S/C9H6BrNO/c10-7-4-11-8-3-1-2-6(5-12)9(7)8/h1-5,11H. The highest BCUT2D eigenvalue weighted by atomic mass is 79.9. The first-order valence-electron chi connectivity index (χ1n) is 3.53. The van der Waals surface area contributed by atoms with Crippen LogP contribution in [0.4, 0.5) is 0 Å². The van der Waals surface area contributed by atoms with E-state index in [2.05, 4.69) is 20.9 Å². The van der Waals surface area contributed by atoms with Crippen LogP contribution >= 0.6 is 15.9 Å². The van der Waals surface area contributed by atoms with Crippen LogP contribution in [-0.2, 0) is 0 Å². The summed E-state index contributed by atoms with van der Waals surface area (Å²) in [6, 6.07) is 5.59. The Bertz CT molecular complexity index is 433. The van der Waals surface area contributed by atoms with Crippen molar-refractivity contribution in [1.29, 1.82) is 0 Å². The molecule has 60 valence electrons. The van der Waals surface area contributed by atoms with Crippen molar-refractivity contribution in [2.45, 2.75) is 0 Å². The lowest BCUT2D eigenvalue weighted by atomic mass is 10.1. The Morgan fingerprint density at radius 2 is 2.25 bits per heavy atom. The Labute approximate surface area is 77.7 Å². The van der Waals surface area contributed by atoms with Gasteiger partial charge in [0.2, 0.25) is 0 Å². The van der Waals surface area contributed by atoms with Gasteiger partial charge in [0.15, 0.2) is 6.29 Å². The number of carbonyl (C=O) groups is 1. The highest BCUT2D eigenvalue weighted by Crippen LogP contribution is 2.25. The molecule has 0 saturated heterocycles. The molecule has 0 amide bonds. The molecule has 0 unspecified atom stereocenters. The van der Waals surface area contributed by atoms with Crippen LogP contribution in [-0.4, -0.2) is 11.3 Å². The van der Waals surface area contributed by atoms with Crippen molar-refractivity contribution in [3.63, 3.8) is 0 Å². The molecule has 2 rings (SSSR count). The lowest BCUT2D eigenvalue weighted by molar-refractivity contribution is 0.112. The van der Waals surface area contributed by atoms with Crippen LogP contribution in [0, 0.1) is 0 Å². The summed E-state index contributed by atoms with van der Waals surface area (Å²) in [7, 11) is 0. The third-order valence-corrected chi connectivity index (χ3v) is 2.44. The summed E-state index contributed by atoms with van der Waals surface area (Å²) in [6.07, 6.45) is 2.69. The number of hydrogen-bond donors (Lipinski definition) is 1. The van der Waals surface area contributed by atoms with Crippen molar-refractivity contribution in [1.82, 2.24) is 4.98 Å². The SMILES string of the molecule is O=Cc1cccc2[nH]cc(Br)c12. The zero-order chi connectivity index (χ0) is 8.55. The Balaban J connectivity index is 2.93. The van der Waals surface area contributed by atoms with Gasteiger partial charge in [-0.2, -0.15) is 0 Å². The van der Waals surface area contributed by atoms with Gasteiger partial charge in [-0.1, -0.05) is 12.1 Å². The zero-order valence-corrected chi connectivity index (χ0v) is 7.76. The van der Waals surface area contributed by atoms with Crippen molar-refractivity contribution in [2.75, 3.05) is 0 Å². The van der Waals surface area contributed by atoms with E-state index in [4.69, 9.17) is 0 Å². The second kappa shape index (κ2) is 2.75. The molecule has 12 heavy (non-hydrogen) atoms. The number of hydrogen-bond acceptors (Lipinski definition) is 1. The molecule has 1 aromatic carbocycles. The first-order valence-corrected chi connectivity index (χ1v) is 4.33. The van der Waals surface area contributed by atoms with E-state index >= 15 is 0 Å². The lowest BCUT2D eigenvalue weighted by Crippen LogP contribution is -1.79. The molecule has 0 spiro atoms. The maximum Gasteiger partial charge on any atom is 0.150 e. The molecule has 0 aliphatic rings. The molecule has 0 atom stereocenters. The summed E-state index contributed by atoms with van der Waals surface area (Å²) in [4.78, 5) is 13.7. The number of halogens is 1. The molecule has 2 aromatic rings. The highest BCUT2D eigenvalue weighted by Gasteiger charge is 2.04. The second-order valence-corrected chi connectivity index (χ2v) is 3.38. The van der Waals surface area contributed by atoms with Crippen molar-refractivity contribution >= 4 is 33.1 Å². The van der Waals surface area contributed by atoms with Crippen molar-refractivity contribution < 1.29 is 4.79 Å². The first kappa shape index (κ1) is 7.55. The minimum Gasteiger partial charge on any atom is -0.360 e. The molecule has 0 bridgehead atoms. The molecule has 2 nitrogen and oxygen atoms in total. The average Bonchev–Trinajstić information content (AvgIpc) is 2.48. The molecule has 0 fully saturated rings. The zero-order valence-electron chi connectivity index (χ0n) is 6.17. The summed E-state index contributed by atoms with van der Waals surface area (Å²) in [6.45, 7) is 0. The monoisotopic (exact) mass is 223 g/mol. The van der Waals surface area contributed by atoms with Gasteiger partial charge in [-0.05, 0) is 22.0 Å². The number of nitrogens with one attached hydrogen (secondary N) is 1. The minimum atomic E-state index is 0.709. The van der Waals surface area contributed by atoms with E-state index in [1.807, 2.05) is 18.3 Å². The summed E-state index contributed by atoms with van der Waals surface area (Å²) >= 11 is 3.37. The van der Waals surface area contributed by atoms with E-state index < -0.39 is 0 Å². The molecule has 0 aliphatic heterocycles. The van der Waals surface area contributed by atoms with Crippen LogP contribution < -0.4 is 0 Å². The molecule has 1 aromatic heterocycles. The molecule has 0 radical (unpaired) electrons. The van der Waals surface area contributed by atoms with Gasteiger partial charge in [0, 0.05) is 27.1 Å². The summed E-state index contributed by atoms with van der Waals surface area (Å²) in [5, 5.41) is 0.951. The van der Waals surface area contributed by atoms with E-state index in [0.717, 1.165) is 21.7 Å². The number of fused-ring (bicyclic) bond motifs is 1. The van der Waals surface area contributed by atoms with E-state index in [9.17, 15) is 4.79 Å². The number of rotatable bonds is 1. The van der Waals surface area contributed by atoms with E-state index in [-0.39, 0.29) is 0 Å². The van der Waals surface area contributed by atoms with Gasteiger partial charge in [0.1, 0.15) is 0 Å². The third-order valence-electron chi connectivity index (χ3n) is 1.82. The van der Waals surface area contributed by atoms with Crippen molar-refractivity contribution in [2.24, 2.45) is 0 Å². The smallest absolute Gasteiger partial charge is 0.150 e. The summed E-state index contributed by atoms with van der Waals surface area (Å²) in [5.74, 6) is 0. The van der Waals surface area contributed by atoms with Gasteiger partial charge in [0.05, 0.1) is 0 Å². The van der Waals surface area contributed by atoms with Gasteiger partial charge in [0.25, 0.3) is 0 Å². The number of aromatic amines is 1. The van der Waals surface area contributed by atoms with Gasteiger partial charge in [-0.15, -0.1) is 0 Å². The normalized spacial score (nSPS) is 10.4. The van der Waals surface area contributed by atoms with Crippen LogP contribution in [0.3, 0.4) is 0 Å². The number of carbonyl (C=O) groups excluding carboxylic acids is 1. The number of benzene rings is 1. The van der Waals surface area contributed by atoms with Crippen LogP contribution in [0.2, 0.25) is 0 Å². The number of aldehydes is 1. The molecule has 0 saturated carbocycles. The Kier molecular flexibility index (Phi) is 1.73. The van der Waals surface area contributed by atoms with Gasteiger partial charge < -0.3 is 4.98 Å². The van der Waals surface area contributed by atoms with E-state index in [1.54, 1.807) is 6.07 Å². The Hall–Kier alpha value is -1.09. The third kappa shape index (κ3) is 0.975. The fourth-order valence-electron chi connectivity index (χ4n) is 1.27. The fourth-order valence-corrected chi connectivity index (χ4v) is 1.83. The topological polar surface area (TPSA) is 32.9 Å². The number of aromatic nitrogens is 1. The van der Waals surface area contributed by atoms with E-state index in [1.165, 1.54) is 0 Å². The van der Waals surface area contributed by atoms with Gasteiger partial charge >= 0.3 is 0 Å². The lowest BCUT2D eigenvalue weighted by Gasteiger charge is -1.93. The molecule has 3 heteroatoms. The fraction of sp³-hybridized carbons (Fsp3) is 0. The van der Waals surface area contributed by atoms with Gasteiger partial charge in [-0.25, -0.2) is 0 Å². The molecular formula is C9H6BrNO. The van der Waals surface area contributed by atoms with Crippen LogP contribution in [0.1, 0.15) is 10.4 Å². The average molecular weight is 224 g/mol.